The molecule has 1 N–H and O–H groups in total. The first-order chi connectivity index (χ1) is 8.90. The Hall–Kier alpha value is -1.84. The Kier molecular flexibility index (Phi) is 3.35. The van der Waals surface area contributed by atoms with Crippen molar-refractivity contribution in [1.82, 2.24) is 5.16 Å². The number of nitriles is 1. The number of aliphatic hydroxyl groups is 1. The first kappa shape index (κ1) is 13.6. The average molecular weight is 282 g/mol. The molecule has 19 heavy (non-hydrogen) atoms. The van der Waals surface area contributed by atoms with Crippen LogP contribution in [0.1, 0.15) is 38.0 Å². The molecule has 0 fully saturated rings. The number of amides is 1. The smallest absolute Gasteiger partial charge is 0.258 e. The molecule has 1 atom stereocenters. The van der Waals surface area contributed by atoms with E-state index < -0.39 is 12.1 Å². The molecule has 100 valence electrons. The molecular formula is C12H12ClN3O3. The van der Waals surface area contributed by atoms with Gasteiger partial charge in [0.05, 0.1) is 5.03 Å². The number of aromatic nitrogens is 1. The molecule has 0 saturated heterocycles. The molecule has 0 aliphatic carbocycles. The first-order valence-electron chi connectivity index (χ1n) is 5.67. The van der Waals surface area contributed by atoms with E-state index in [9.17, 15) is 15.2 Å². The predicted molar refractivity (Wildman–Crippen MR) is 67.4 cm³/mol. The van der Waals surface area contributed by atoms with Gasteiger partial charge in [-0.15, -0.1) is 0 Å². The van der Waals surface area contributed by atoms with Gasteiger partial charge in [0.15, 0.2) is 17.8 Å². The number of hydrogen-bond donors (Lipinski definition) is 1. The highest BCUT2D eigenvalue weighted by atomic mass is 35.5. The number of carbonyl (C=O) groups is 1. The summed E-state index contributed by atoms with van der Waals surface area (Å²) in [6.07, 6.45) is -1.33. The van der Waals surface area contributed by atoms with E-state index in [1.165, 1.54) is 6.92 Å². The van der Waals surface area contributed by atoms with Crippen LogP contribution < -0.4 is 4.90 Å². The minimum Gasteiger partial charge on any atom is -0.368 e. The van der Waals surface area contributed by atoms with E-state index in [0.717, 1.165) is 4.90 Å². The van der Waals surface area contributed by atoms with Gasteiger partial charge >= 0.3 is 0 Å². The monoisotopic (exact) mass is 281 g/mol. The highest BCUT2D eigenvalue weighted by molar-refractivity contribution is 6.35. The fraction of sp³-hybridized carbons (Fsp3) is 0.417. The zero-order valence-corrected chi connectivity index (χ0v) is 11.4. The topological polar surface area (TPSA) is 90.4 Å². The second-order valence-corrected chi connectivity index (χ2v) is 4.94. The van der Waals surface area contributed by atoms with Crippen LogP contribution in [-0.4, -0.2) is 22.4 Å². The Morgan fingerprint density at radius 3 is 2.63 bits per heavy atom. The fourth-order valence-electron chi connectivity index (χ4n) is 1.87. The van der Waals surface area contributed by atoms with Crippen LogP contribution in [0.25, 0.3) is 0 Å². The van der Waals surface area contributed by atoms with Crippen LogP contribution in [-0.2, 0) is 4.79 Å². The van der Waals surface area contributed by atoms with Crippen molar-refractivity contribution < 1.29 is 14.4 Å². The van der Waals surface area contributed by atoms with Crippen molar-refractivity contribution in [1.29, 1.82) is 5.26 Å². The minimum absolute atomic E-state index is 0.00120. The van der Waals surface area contributed by atoms with Crippen LogP contribution >= 0.6 is 11.6 Å². The van der Waals surface area contributed by atoms with E-state index in [1.54, 1.807) is 0 Å². The van der Waals surface area contributed by atoms with Crippen molar-refractivity contribution in [2.75, 3.05) is 4.90 Å². The van der Waals surface area contributed by atoms with Crippen molar-refractivity contribution in [2.24, 2.45) is 0 Å². The van der Waals surface area contributed by atoms with Crippen molar-refractivity contribution in [3.05, 3.63) is 21.9 Å². The van der Waals surface area contributed by atoms with Crippen molar-refractivity contribution in [3.63, 3.8) is 0 Å². The molecule has 6 nitrogen and oxygen atoms in total. The van der Waals surface area contributed by atoms with Gasteiger partial charge in [0.1, 0.15) is 11.6 Å². The minimum atomic E-state index is -1.33. The molecule has 0 radical (unpaired) electrons. The SMILES string of the molecule is CC1=C(Cl)C(O)N(c2noc(C(C)C)c2C#N)C1=O. The van der Waals surface area contributed by atoms with Crippen LogP contribution in [0.4, 0.5) is 5.82 Å². The quantitative estimate of drug-likeness (QED) is 0.893. The second kappa shape index (κ2) is 4.68. The second-order valence-electron chi connectivity index (χ2n) is 4.53. The lowest BCUT2D eigenvalue weighted by Gasteiger charge is -2.18. The average Bonchev–Trinajstić information content (AvgIpc) is 2.86. The summed E-state index contributed by atoms with van der Waals surface area (Å²) in [4.78, 5) is 13.0. The predicted octanol–water partition coefficient (Wildman–Crippen LogP) is 1.85. The molecule has 1 unspecified atom stereocenters. The molecule has 2 heterocycles. The van der Waals surface area contributed by atoms with Gasteiger partial charge in [0.25, 0.3) is 5.91 Å². The van der Waals surface area contributed by atoms with E-state index in [2.05, 4.69) is 5.16 Å². The van der Waals surface area contributed by atoms with Crippen LogP contribution in [0.15, 0.2) is 15.1 Å². The van der Waals surface area contributed by atoms with Gasteiger partial charge in [-0.2, -0.15) is 5.26 Å². The molecule has 0 bridgehead atoms. The molecule has 1 aromatic rings. The largest absolute Gasteiger partial charge is 0.368 e. The Morgan fingerprint density at radius 1 is 1.58 bits per heavy atom. The van der Waals surface area contributed by atoms with Crippen LogP contribution in [0.2, 0.25) is 0 Å². The molecule has 1 aliphatic rings. The maximum Gasteiger partial charge on any atom is 0.258 e. The van der Waals surface area contributed by atoms with Crippen LogP contribution in [0, 0.1) is 11.3 Å². The number of nitrogens with zero attached hydrogens (tertiary/aromatic N) is 3. The third-order valence-electron chi connectivity index (χ3n) is 2.93. The normalized spacial score (nSPS) is 19.5. The van der Waals surface area contributed by atoms with Gasteiger partial charge in [-0.25, -0.2) is 0 Å². The maximum atomic E-state index is 12.0. The van der Waals surface area contributed by atoms with E-state index in [1.807, 2.05) is 19.9 Å². The summed E-state index contributed by atoms with van der Waals surface area (Å²) in [5.74, 6) is -0.176. The zero-order valence-electron chi connectivity index (χ0n) is 10.6. The number of aliphatic hydroxyl groups excluding tert-OH is 1. The van der Waals surface area contributed by atoms with Gasteiger partial charge in [-0.05, 0) is 6.92 Å². The summed E-state index contributed by atoms with van der Waals surface area (Å²) in [5, 5.41) is 22.9. The highest BCUT2D eigenvalue weighted by Crippen LogP contribution is 2.35. The number of hydrogen-bond acceptors (Lipinski definition) is 5. The van der Waals surface area contributed by atoms with Gasteiger partial charge in [0.2, 0.25) is 0 Å². The third-order valence-corrected chi connectivity index (χ3v) is 3.41. The Morgan fingerprint density at radius 2 is 2.21 bits per heavy atom. The standard InChI is InChI=1S/C12H12ClN3O3/c1-5(2)9-7(4-14)10(15-19-9)16-11(17)6(3)8(13)12(16)18/h5,12,18H,1-3H3. The molecule has 1 aliphatic heterocycles. The van der Waals surface area contributed by atoms with Crippen LogP contribution in [0.3, 0.4) is 0 Å². The third kappa shape index (κ3) is 1.91. The molecule has 7 heteroatoms. The van der Waals surface area contributed by atoms with Crippen molar-refractivity contribution in [2.45, 2.75) is 32.9 Å². The van der Waals surface area contributed by atoms with Crippen molar-refractivity contribution >= 4 is 23.3 Å². The Labute approximate surface area is 114 Å². The summed E-state index contributed by atoms with van der Waals surface area (Å²) in [6, 6.07) is 1.95. The van der Waals surface area contributed by atoms with Gasteiger partial charge < -0.3 is 9.63 Å². The molecule has 0 aromatic carbocycles. The molecule has 0 spiro atoms. The molecule has 1 aromatic heterocycles. The van der Waals surface area contributed by atoms with E-state index in [0.29, 0.717) is 5.76 Å². The number of carbonyl (C=O) groups excluding carboxylic acids is 1. The lowest BCUT2D eigenvalue weighted by molar-refractivity contribution is -0.115. The first-order valence-corrected chi connectivity index (χ1v) is 6.05. The van der Waals surface area contributed by atoms with E-state index in [4.69, 9.17) is 16.1 Å². The molecule has 0 saturated carbocycles. The lowest BCUT2D eigenvalue weighted by atomic mass is 10.1. The molecular weight excluding hydrogens is 270 g/mol. The molecule has 2 rings (SSSR count). The van der Waals surface area contributed by atoms with Crippen molar-refractivity contribution in [3.8, 4) is 6.07 Å². The lowest BCUT2D eigenvalue weighted by Crippen LogP contribution is -2.35. The van der Waals surface area contributed by atoms with Gasteiger partial charge in [-0.1, -0.05) is 30.6 Å². The number of halogens is 1. The summed E-state index contributed by atoms with van der Waals surface area (Å²) < 4.78 is 5.09. The van der Waals surface area contributed by atoms with Gasteiger partial charge in [0, 0.05) is 11.5 Å². The molecule has 1 amide bonds. The van der Waals surface area contributed by atoms with E-state index >= 15 is 0 Å². The summed E-state index contributed by atoms with van der Waals surface area (Å²) in [5.41, 5.74) is 0.369. The number of rotatable bonds is 2. The van der Waals surface area contributed by atoms with Gasteiger partial charge in [-0.3, -0.25) is 9.69 Å². The maximum absolute atomic E-state index is 12.0. The highest BCUT2D eigenvalue weighted by Gasteiger charge is 2.40. The zero-order chi connectivity index (χ0) is 14.3. The Balaban J connectivity index is 2.51. The Bertz CT molecular complexity index is 612. The summed E-state index contributed by atoms with van der Waals surface area (Å²) >= 11 is 5.84. The van der Waals surface area contributed by atoms with E-state index in [-0.39, 0.29) is 27.9 Å². The summed E-state index contributed by atoms with van der Waals surface area (Å²) in [7, 11) is 0. The number of anilines is 1. The fourth-order valence-corrected chi connectivity index (χ4v) is 2.05. The van der Waals surface area contributed by atoms with Crippen LogP contribution in [0.5, 0.6) is 0 Å². The summed E-state index contributed by atoms with van der Waals surface area (Å²) in [6.45, 7) is 5.18.